The first-order valence-electron chi connectivity index (χ1n) is 7.65. The molecule has 0 fully saturated rings. The highest BCUT2D eigenvalue weighted by molar-refractivity contribution is 9.10. The number of halogens is 1. The minimum absolute atomic E-state index is 0.277. The first-order chi connectivity index (χ1) is 12.0. The predicted octanol–water partition coefficient (Wildman–Crippen LogP) is 4.18. The van der Waals surface area contributed by atoms with Crippen LogP contribution in [0, 0.1) is 0 Å². The summed E-state index contributed by atoms with van der Waals surface area (Å²) in [6.07, 6.45) is 2.01. The van der Waals surface area contributed by atoms with Crippen molar-refractivity contribution in [1.29, 1.82) is 0 Å². The summed E-state index contributed by atoms with van der Waals surface area (Å²) in [6, 6.07) is 15.0. The zero-order valence-electron chi connectivity index (χ0n) is 13.4. The van der Waals surface area contributed by atoms with Crippen LogP contribution in [0.4, 0.5) is 5.69 Å². The number of esters is 1. The van der Waals surface area contributed by atoms with Crippen LogP contribution < -0.4 is 5.32 Å². The number of nitrogens with one attached hydrogen (secondary N) is 1. The van der Waals surface area contributed by atoms with E-state index in [9.17, 15) is 9.59 Å². The number of nitrogens with zero attached hydrogens (tertiary/aromatic N) is 1. The number of amides is 1. The maximum Gasteiger partial charge on any atom is 0.340 e. The lowest BCUT2D eigenvalue weighted by Crippen LogP contribution is -2.30. The van der Waals surface area contributed by atoms with Crippen molar-refractivity contribution in [3.8, 4) is 0 Å². The molecule has 1 atom stereocenters. The van der Waals surface area contributed by atoms with E-state index in [1.807, 2.05) is 42.5 Å². The van der Waals surface area contributed by atoms with Crippen LogP contribution in [0.1, 0.15) is 17.3 Å². The summed E-state index contributed by atoms with van der Waals surface area (Å²) in [5.74, 6) is -0.998. The summed E-state index contributed by atoms with van der Waals surface area (Å²) >= 11 is 3.24. The monoisotopic (exact) mass is 398 g/mol. The van der Waals surface area contributed by atoms with Crippen LogP contribution in [-0.4, -0.2) is 23.0 Å². The molecule has 126 valence electrons. The normalized spacial score (nSPS) is 11.8. The maximum absolute atomic E-state index is 12.4. The molecule has 0 saturated heterocycles. The van der Waals surface area contributed by atoms with Crippen LogP contribution in [-0.2, 0) is 9.53 Å². The Morgan fingerprint density at radius 2 is 1.88 bits per heavy atom. The van der Waals surface area contributed by atoms with Crippen molar-refractivity contribution in [2.45, 2.75) is 13.0 Å². The first-order valence-corrected chi connectivity index (χ1v) is 8.44. The summed E-state index contributed by atoms with van der Waals surface area (Å²) in [6.45, 7) is 1.53. The van der Waals surface area contributed by atoms with E-state index in [2.05, 4.69) is 26.2 Å². The smallest absolute Gasteiger partial charge is 0.340 e. The van der Waals surface area contributed by atoms with Gasteiger partial charge in [-0.25, -0.2) is 4.79 Å². The van der Waals surface area contributed by atoms with E-state index in [0.29, 0.717) is 10.2 Å². The van der Waals surface area contributed by atoms with Crippen molar-refractivity contribution in [1.82, 2.24) is 4.98 Å². The molecule has 3 rings (SSSR count). The van der Waals surface area contributed by atoms with E-state index in [0.717, 1.165) is 10.8 Å². The molecule has 0 aliphatic heterocycles. The molecular formula is C19H15BrN2O3. The molecule has 0 spiro atoms. The van der Waals surface area contributed by atoms with Crippen molar-refractivity contribution in [2.75, 3.05) is 5.32 Å². The molecule has 1 unspecified atom stereocenters. The van der Waals surface area contributed by atoms with Crippen molar-refractivity contribution in [3.63, 3.8) is 0 Å². The topological polar surface area (TPSA) is 68.3 Å². The highest BCUT2D eigenvalue weighted by Crippen LogP contribution is 2.23. The maximum atomic E-state index is 12.4. The van der Waals surface area contributed by atoms with Gasteiger partial charge >= 0.3 is 5.97 Å². The molecule has 0 aliphatic rings. The minimum Gasteiger partial charge on any atom is -0.449 e. The number of hydrogen-bond acceptors (Lipinski definition) is 4. The molecule has 5 nitrogen and oxygen atoms in total. The Morgan fingerprint density at radius 1 is 1.12 bits per heavy atom. The van der Waals surface area contributed by atoms with Gasteiger partial charge in [0.1, 0.15) is 0 Å². The van der Waals surface area contributed by atoms with Gasteiger partial charge < -0.3 is 10.1 Å². The third-order valence-electron chi connectivity index (χ3n) is 3.64. The third-order valence-corrected chi connectivity index (χ3v) is 4.07. The van der Waals surface area contributed by atoms with Gasteiger partial charge in [-0.15, -0.1) is 0 Å². The fourth-order valence-electron chi connectivity index (χ4n) is 2.37. The highest BCUT2D eigenvalue weighted by Gasteiger charge is 2.20. The van der Waals surface area contributed by atoms with Crippen molar-refractivity contribution >= 4 is 44.3 Å². The fourth-order valence-corrected chi connectivity index (χ4v) is 2.74. The largest absolute Gasteiger partial charge is 0.449 e. The predicted molar refractivity (Wildman–Crippen MR) is 99.4 cm³/mol. The lowest BCUT2D eigenvalue weighted by atomic mass is 10.1. The Morgan fingerprint density at radius 3 is 2.68 bits per heavy atom. The Balaban J connectivity index is 1.71. The Labute approximate surface area is 153 Å². The molecule has 6 heteroatoms. The molecule has 0 radical (unpaired) electrons. The van der Waals surface area contributed by atoms with E-state index in [-0.39, 0.29) is 5.56 Å². The number of ether oxygens (including phenoxy) is 1. The van der Waals surface area contributed by atoms with Gasteiger partial charge in [-0.05, 0) is 40.4 Å². The summed E-state index contributed by atoms with van der Waals surface area (Å²) in [5.41, 5.74) is 0.953. The second kappa shape index (κ2) is 7.44. The zero-order valence-corrected chi connectivity index (χ0v) is 15.0. The van der Waals surface area contributed by atoms with E-state index in [1.54, 1.807) is 12.3 Å². The number of anilines is 1. The summed E-state index contributed by atoms with van der Waals surface area (Å²) in [4.78, 5) is 28.4. The number of hydrogen-bond donors (Lipinski definition) is 1. The molecule has 1 N–H and O–H groups in total. The number of aromatic nitrogens is 1. The molecule has 0 bridgehead atoms. The molecular weight excluding hydrogens is 384 g/mol. The average molecular weight is 399 g/mol. The molecule has 25 heavy (non-hydrogen) atoms. The number of fused-ring (bicyclic) bond motifs is 1. The SMILES string of the molecule is CC(OC(=O)c1cncc(Br)c1)C(=O)Nc1cccc2ccccc12. The van der Waals surface area contributed by atoms with Crippen LogP contribution >= 0.6 is 15.9 Å². The van der Waals surface area contributed by atoms with Gasteiger partial charge in [-0.2, -0.15) is 0 Å². The molecule has 3 aromatic rings. The average Bonchev–Trinajstić information content (AvgIpc) is 2.62. The first kappa shape index (κ1) is 17.1. The lowest BCUT2D eigenvalue weighted by Gasteiger charge is -2.14. The zero-order chi connectivity index (χ0) is 17.8. The number of carbonyl (C=O) groups is 2. The van der Waals surface area contributed by atoms with Crippen LogP contribution in [0.15, 0.2) is 65.4 Å². The molecule has 2 aromatic carbocycles. The van der Waals surface area contributed by atoms with Gasteiger partial charge in [-0.3, -0.25) is 9.78 Å². The molecule has 1 amide bonds. The van der Waals surface area contributed by atoms with Crippen LogP contribution in [0.5, 0.6) is 0 Å². The lowest BCUT2D eigenvalue weighted by molar-refractivity contribution is -0.123. The van der Waals surface area contributed by atoms with Gasteiger partial charge in [-0.1, -0.05) is 36.4 Å². The van der Waals surface area contributed by atoms with Crippen molar-refractivity contribution < 1.29 is 14.3 Å². The summed E-state index contributed by atoms with van der Waals surface area (Å²) in [7, 11) is 0. The van der Waals surface area contributed by atoms with Gasteiger partial charge in [0.05, 0.1) is 5.56 Å². The third kappa shape index (κ3) is 4.03. The summed E-state index contributed by atoms with van der Waals surface area (Å²) in [5, 5.41) is 4.75. The standard InChI is InChI=1S/C19H15BrN2O3/c1-12(25-19(24)14-9-15(20)11-21-10-14)18(23)22-17-8-4-6-13-5-2-3-7-16(13)17/h2-12H,1H3,(H,22,23). The second-order valence-corrected chi connectivity index (χ2v) is 6.37. The molecule has 0 saturated carbocycles. The van der Waals surface area contributed by atoms with E-state index in [4.69, 9.17) is 4.74 Å². The molecule has 0 aliphatic carbocycles. The van der Waals surface area contributed by atoms with E-state index in [1.165, 1.54) is 13.1 Å². The molecule has 1 heterocycles. The highest BCUT2D eigenvalue weighted by atomic mass is 79.9. The van der Waals surface area contributed by atoms with Crippen LogP contribution in [0.25, 0.3) is 10.8 Å². The van der Waals surface area contributed by atoms with Crippen molar-refractivity contribution in [3.05, 3.63) is 71.0 Å². The minimum atomic E-state index is -0.939. The Hall–Kier alpha value is -2.73. The fraction of sp³-hybridized carbons (Fsp3) is 0.105. The second-order valence-electron chi connectivity index (χ2n) is 5.46. The van der Waals surface area contributed by atoms with E-state index >= 15 is 0 Å². The summed E-state index contributed by atoms with van der Waals surface area (Å²) < 4.78 is 5.89. The Kier molecular flexibility index (Phi) is 5.09. The molecule has 1 aromatic heterocycles. The number of carbonyl (C=O) groups excluding carboxylic acids is 2. The Bertz CT molecular complexity index is 937. The van der Waals surface area contributed by atoms with Gasteiger partial charge in [0.15, 0.2) is 6.10 Å². The number of benzene rings is 2. The van der Waals surface area contributed by atoms with Gasteiger partial charge in [0.2, 0.25) is 0 Å². The van der Waals surface area contributed by atoms with Crippen LogP contribution in [0.2, 0.25) is 0 Å². The number of rotatable bonds is 4. The van der Waals surface area contributed by atoms with Crippen molar-refractivity contribution in [2.24, 2.45) is 0 Å². The number of pyridine rings is 1. The van der Waals surface area contributed by atoms with Gasteiger partial charge in [0.25, 0.3) is 5.91 Å². The van der Waals surface area contributed by atoms with E-state index < -0.39 is 18.0 Å². The van der Waals surface area contributed by atoms with Crippen LogP contribution in [0.3, 0.4) is 0 Å². The van der Waals surface area contributed by atoms with Gasteiger partial charge in [0, 0.05) is 27.9 Å². The quantitative estimate of drug-likeness (QED) is 0.669.